The van der Waals surface area contributed by atoms with Crippen molar-refractivity contribution in [2.75, 3.05) is 0 Å². The second-order valence-electron chi connectivity index (χ2n) is 3.46. The van der Waals surface area contributed by atoms with Gasteiger partial charge in [0.05, 0.1) is 11.9 Å². The topological polar surface area (TPSA) is 27.1 Å². The zero-order chi connectivity index (χ0) is 10.7. The number of para-hydroxylation sites is 1. The number of benzene rings is 1. The van der Waals surface area contributed by atoms with Crippen LogP contribution in [0.25, 0.3) is 0 Å². The molecule has 0 N–H and O–H groups in total. The Morgan fingerprint density at radius 2 is 2.00 bits per heavy atom. The van der Waals surface area contributed by atoms with E-state index in [0.717, 1.165) is 17.3 Å². The molecule has 2 rings (SSSR count). The normalized spacial score (nSPS) is 10.3. The zero-order valence-corrected chi connectivity index (χ0v) is 8.97. The van der Waals surface area contributed by atoms with Crippen LogP contribution < -0.4 is 4.74 Å². The number of hydrogen-bond donors (Lipinski definition) is 0. The van der Waals surface area contributed by atoms with Gasteiger partial charge in [0.2, 0.25) is 0 Å². The van der Waals surface area contributed by atoms with Crippen molar-refractivity contribution in [3.8, 4) is 5.75 Å². The van der Waals surface area contributed by atoms with Gasteiger partial charge >= 0.3 is 0 Å². The highest BCUT2D eigenvalue weighted by molar-refractivity contribution is 5.21. The molecule has 1 aromatic heterocycles. The SMILES string of the molecule is Cc1ncc(COc2ccccc2)n1C. The van der Waals surface area contributed by atoms with Gasteiger partial charge in [-0.1, -0.05) is 18.2 Å². The highest BCUT2D eigenvalue weighted by Gasteiger charge is 2.02. The van der Waals surface area contributed by atoms with E-state index in [-0.39, 0.29) is 0 Å². The van der Waals surface area contributed by atoms with Gasteiger partial charge in [-0.3, -0.25) is 0 Å². The summed E-state index contributed by atoms with van der Waals surface area (Å²) in [4.78, 5) is 4.21. The monoisotopic (exact) mass is 202 g/mol. The van der Waals surface area contributed by atoms with Crippen LogP contribution in [0.4, 0.5) is 0 Å². The molecule has 78 valence electrons. The third-order valence-electron chi connectivity index (χ3n) is 2.45. The molecule has 0 saturated heterocycles. The van der Waals surface area contributed by atoms with Crippen LogP contribution in [0.15, 0.2) is 36.5 Å². The molecule has 0 aliphatic rings. The zero-order valence-electron chi connectivity index (χ0n) is 8.97. The van der Waals surface area contributed by atoms with Crippen molar-refractivity contribution < 1.29 is 4.74 Å². The first-order valence-corrected chi connectivity index (χ1v) is 4.92. The minimum absolute atomic E-state index is 0.557. The predicted octanol–water partition coefficient (Wildman–Crippen LogP) is 2.31. The van der Waals surface area contributed by atoms with Crippen LogP contribution in [0, 0.1) is 6.92 Å². The summed E-state index contributed by atoms with van der Waals surface area (Å²) in [5.74, 6) is 1.89. The Morgan fingerprint density at radius 1 is 1.27 bits per heavy atom. The average Bonchev–Trinajstić information content (AvgIpc) is 2.59. The Morgan fingerprint density at radius 3 is 2.60 bits per heavy atom. The lowest BCUT2D eigenvalue weighted by molar-refractivity contribution is 0.297. The Balaban J connectivity index is 2.02. The molecule has 1 aromatic carbocycles. The highest BCUT2D eigenvalue weighted by Crippen LogP contribution is 2.11. The van der Waals surface area contributed by atoms with Gasteiger partial charge in [0.15, 0.2) is 0 Å². The van der Waals surface area contributed by atoms with Crippen LogP contribution in [0.1, 0.15) is 11.5 Å². The van der Waals surface area contributed by atoms with Gasteiger partial charge in [-0.2, -0.15) is 0 Å². The fraction of sp³-hybridized carbons (Fsp3) is 0.250. The standard InChI is InChI=1S/C12H14N2O/c1-10-13-8-11(14(10)2)9-15-12-6-4-3-5-7-12/h3-8H,9H2,1-2H3. The molecule has 3 heteroatoms. The molecule has 0 saturated carbocycles. The van der Waals surface area contributed by atoms with E-state index in [9.17, 15) is 0 Å². The van der Waals surface area contributed by atoms with E-state index >= 15 is 0 Å². The van der Waals surface area contributed by atoms with Crippen molar-refractivity contribution in [3.63, 3.8) is 0 Å². The van der Waals surface area contributed by atoms with Crippen molar-refractivity contribution in [2.45, 2.75) is 13.5 Å². The molecule has 0 atom stereocenters. The second-order valence-corrected chi connectivity index (χ2v) is 3.46. The number of imidazole rings is 1. The Kier molecular flexibility index (Phi) is 2.72. The summed E-state index contributed by atoms with van der Waals surface area (Å²) in [6.45, 7) is 2.54. The number of hydrogen-bond acceptors (Lipinski definition) is 2. The van der Waals surface area contributed by atoms with Gasteiger partial charge in [-0.05, 0) is 19.1 Å². The maximum atomic E-state index is 5.63. The molecular formula is C12H14N2O. The molecule has 0 radical (unpaired) electrons. The van der Waals surface area contributed by atoms with Crippen molar-refractivity contribution in [1.29, 1.82) is 0 Å². The fourth-order valence-corrected chi connectivity index (χ4v) is 1.36. The van der Waals surface area contributed by atoms with Crippen LogP contribution in [0.5, 0.6) is 5.75 Å². The summed E-state index contributed by atoms with van der Waals surface area (Å²) >= 11 is 0. The molecule has 0 bridgehead atoms. The largest absolute Gasteiger partial charge is 0.487 e. The smallest absolute Gasteiger partial charge is 0.130 e. The predicted molar refractivity (Wildman–Crippen MR) is 58.7 cm³/mol. The van der Waals surface area contributed by atoms with Crippen molar-refractivity contribution in [2.24, 2.45) is 7.05 Å². The summed E-state index contributed by atoms with van der Waals surface area (Å²) in [6.07, 6.45) is 1.85. The van der Waals surface area contributed by atoms with Gasteiger partial charge in [0.1, 0.15) is 18.2 Å². The third kappa shape index (κ3) is 2.18. The molecule has 0 aliphatic carbocycles. The first-order chi connectivity index (χ1) is 7.27. The number of nitrogens with zero attached hydrogens (tertiary/aromatic N) is 2. The first kappa shape index (κ1) is 9.77. The Hall–Kier alpha value is -1.77. The van der Waals surface area contributed by atoms with Crippen LogP contribution >= 0.6 is 0 Å². The maximum absolute atomic E-state index is 5.63. The first-order valence-electron chi connectivity index (χ1n) is 4.92. The van der Waals surface area contributed by atoms with Crippen LogP contribution in [0.2, 0.25) is 0 Å². The lowest BCUT2D eigenvalue weighted by Gasteiger charge is -2.06. The van der Waals surface area contributed by atoms with Crippen molar-refractivity contribution in [1.82, 2.24) is 9.55 Å². The van der Waals surface area contributed by atoms with E-state index in [1.54, 1.807) is 0 Å². The summed E-state index contributed by atoms with van der Waals surface area (Å²) in [7, 11) is 1.99. The van der Waals surface area contributed by atoms with Crippen molar-refractivity contribution >= 4 is 0 Å². The summed E-state index contributed by atoms with van der Waals surface area (Å²) in [6, 6.07) is 9.79. The lowest BCUT2D eigenvalue weighted by atomic mass is 10.3. The van der Waals surface area contributed by atoms with E-state index in [1.807, 2.05) is 55.1 Å². The number of ether oxygens (including phenoxy) is 1. The minimum Gasteiger partial charge on any atom is -0.487 e. The lowest BCUT2D eigenvalue weighted by Crippen LogP contribution is -2.02. The molecule has 0 aliphatic heterocycles. The quantitative estimate of drug-likeness (QED) is 0.763. The summed E-state index contributed by atoms with van der Waals surface area (Å²) < 4.78 is 7.66. The van der Waals surface area contributed by atoms with Gasteiger partial charge < -0.3 is 9.30 Å². The van der Waals surface area contributed by atoms with Crippen LogP contribution in [-0.2, 0) is 13.7 Å². The molecule has 0 amide bonds. The fourth-order valence-electron chi connectivity index (χ4n) is 1.36. The number of rotatable bonds is 3. The molecule has 2 aromatic rings. The van der Waals surface area contributed by atoms with E-state index in [4.69, 9.17) is 4.74 Å². The molecule has 0 fully saturated rings. The Bertz CT molecular complexity index is 434. The molecule has 15 heavy (non-hydrogen) atoms. The van der Waals surface area contributed by atoms with E-state index in [2.05, 4.69) is 4.98 Å². The van der Waals surface area contributed by atoms with E-state index in [1.165, 1.54) is 0 Å². The molecule has 3 nitrogen and oxygen atoms in total. The molecular weight excluding hydrogens is 188 g/mol. The van der Waals surface area contributed by atoms with Crippen LogP contribution in [-0.4, -0.2) is 9.55 Å². The van der Waals surface area contributed by atoms with E-state index < -0.39 is 0 Å². The minimum atomic E-state index is 0.557. The summed E-state index contributed by atoms with van der Waals surface area (Å²) in [5, 5.41) is 0. The average molecular weight is 202 g/mol. The van der Waals surface area contributed by atoms with Gasteiger partial charge in [0, 0.05) is 7.05 Å². The number of aromatic nitrogens is 2. The molecule has 0 unspecified atom stereocenters. The Labute approximate surface area is 89.3 Å². The van der Waals surface area contributed by atoms with Gasteiger partial charge in [0.25, 0.3) is 0 Å². The van der Waals surface area contributed by atoms with Crippen LogP contribution in [0.3, 0.4) is 0 Å². The highest BCUT2D eigenvalue weighted by atomic mass is 16.5. The molecule has 0 spiro atoms. The van der Waals surface area contributed by atoms with Crippen molar-refractivity contribution in [3.05, 3.63) is 48.0 Å². The third-order valence-corrected chi connectivity index (χ3v) is 2.45. The van der Waals surface area contributed by atoms with Gasteiger partial charge in [-0.25, -0.2) is 4.98 Å². The molecule has 1 heterocycles. The maximum Gasteiger partial charge on any atom is 0.130 e. The number of aryl methyl sites for hydroxylation is 1. The van der Waals surface area contributed by atoms with Gasteiger partial charge in [-0.15, -0.1) is 0 Å². The second kappa shape index (κ2) is 4.17. The summed E-state index contributed by atoms with van der Waals surface area (Å²) in [5.41, 5.74) is 1.08. The van der Waals surface area contributed by atoms with E-state index in [0.29, 0.717) is 6.61 Å².